The third kappa shape index (κ3) is 5.31. The molecule has 4 nitrogen and oxygen atoms in total. The van der Waals surface area contributed by atoms with Gasteiger partial charge in [-0.15, -0.1) is 0 Å². The summed E-state index contributed by atoms with van der Waals surface area (Å²) in [6, 6.07) is 4.12. The minimum atomic E-state index is 0.594. The van der Waals surface area contributed by atoms with Gasteiger partial charge in [-0.3, -0.25) is 0 Å². The molecule has 1 aromatic carbocycles. The quantitative estimate of drug-likeness (QED) is 0.741. The fourth-order valence-electron chi connectivity index (χ4n) is 3.39. The minimum Gasteiger partial charge on any atom is -0.490 e. The Bertz CT molecular complexity index is 491. The van der Waals surface area contributed by atoms with Crippen LogP contribution in [0.5, 0.6) is 11.5 Å². The number of rotatable bonds is 8. The number of nitrogens with zero attached hydrogens (tertiary/aromatic N) is 1. The predicted octanol–water partition coefficient (Wildman–Crippen LogP) is 3.73. The molecule has 0 saturated carbocycles. The molecule has 2 rings (SSSR count). The second-order valence-electron chi connectivity index (χ2n) is 6.53. The smallest absolute Gasteiger partial charge is 0.184 e. The van der Waals surface area contributed by atoms with Crippen LogP contribution in [0, 0.1) is 5.92 Å². The summed E-state index contributed by atoms with van der Waals surface area (Å²) in [5.41, 5.74) is 8.07. The second-order valence-corrected chi connectivity index (χ2v) is 6.53. The van der Waals surface area contributed by atoms with E-state index in [-0.39, 0.29) is 0 Å². The zero-order valence-corrected chi connectivity index (χ0v) is 14.9. The highest BCUT2D eigenvalue weighted by atomic mass is 16.5. The third-order valence-corrected chi connectivity index (χ3v) is 4.41. The van der Waals surface area contributed by atoms with Crippen molar-refractivity contribution >= 4 is 5.69 Å². The molecule has 0 aliphatic carbocycles. The molecular formula is C19H32N2O2. The SMILES string of the molecule is CCOc1cc(CCCN2CCCC(C)C2)cc(N)c1OCC. The Labute approximate surface area is 140 Å². The molecule has 2 N–H and O–H groups in total. The van der Waals surface area contributed by atoms with Gasteiger partial charge in [0.2, 0.25) is 0 Å². The molecule has 0 aromatic heterocycles. The first-order chi connectivity index (χ1) is 11.1. The maximum absolute atomic E-state index is 6.16. The molecule has 130 valence electrons. The topological polar surface area (TPSA) is 47.7 Å². The van der Waals surface area contributed by atoms with Crippen molar-refractivity contribution in [3.05, 3.63) is 17.7 Å². The number of ether oxygens (including phenoxy) is 2. The van der Waals surface area contributed by atoms with E-state index in [1.165, 1.54) is 38.0 Å². The molecule has 1 saturated heterocycles. The lowest BCUT2D eigenvalue weighted by atomic mass is 10.00. The maximum atomic E-state index is 6.16. The van der Waals surface area contributed by atoms with Crippen LogP contribution in [0.25, 0.3) is 0 Å². The molecule has 1 aliphatic rings. The Morgan fingerprint density at radius 1 is 1.22 bits per heavy atom. The van der Waals surface area contributed by atoms with Gasteiger partial charge in [0.25, 0.3) is 0 Å². The van der Waals surface area contributed by atoms with Crippen molar-refractivity contribution in [3.8, 4) is 11.5 Å². The fourth-order valence-corrected chi connectivity index (χ4v) is 3.39. The molecule has 0 amide bonds. The van der Waals surface area contributed by atoms with Crippen LogP contribution in [-0.4, -0.2) is 37.7 Å². The number of hydrogen-bond acceptors (Lipinski definition) is 4. The van der Waals surface area contributed by atoms with Crippen LogP contribution in [0.2, 0.25) is 0 Å². The number of hydrogen-bond donors (Lipinski definition) is 1. The predicted molar refractivity (Wildman–Crippen MR) is 96.4 cm³/mol. The summed E-state index contributed by atoms with van der Waals surface area (Å²) in [7, 11) is 0. The van der Waals surface area contributed by atoms with E-state index in [0.29, 0.717) is 24.7 Å². The molecular weight excluding hydrogens is 288 g/mol. The summed E-state index contributed by atoms with van der Waals surface area (Å²) in [5.74, 6) is 2.30. The molecule has 1 aliphatic heterocycles. The fraction of sp³-hybridized carbons (Fsp3) is 0.684. The number of nitrogen functional groups attached to an aromatic ring is 1. The summed E-state index contributed by atoms with van der Waals surface area (Å²) in [6.07, 6.45) is 4.91. The Morgan fingerprint density at radius 3 is 2.70 bits per heavy atom. The van der Waals surface area contributed by atoms with E-state index in [1.807, 2.05) is 19.9 Å². The number of likely N-dealkylation sites (tertiary alicyclic amines) is 1. The van der Waals surface area contributed by atoms with Crippen molar-refractivity contribution in [2.75, 3.05) is 38.6 Å². The molecule has 1 unspecified atom stereocenters. The number of anilines is 1. The van der Waals surface area contributed by atoms with E-state index in [4.69, 9.17) is 15.2 Å². The van der Waals surface area contributed by atoms with Crippen LogP contribution in [0.3, 0.4) is 0 Å². The van der Waals surface area contributed by atoms with Crippen molar-refractivity contribution < 1.29 is 9.47 Å². The maximum Gasteiger partial charge on any atom is 0.184 e. The number of aryl methyl sites for hydroxylation is 1. The van der Waals surface area contributed by atoms with Gasteiger partial charge in [0.05, 0.1) is 18.9 Å². The van der Waals surface area contributed by atoms with Gasteiger partial charge in [0, 0.05) is 6.54 Å². The summed E-state index contributed by atoms with van der Waals surface area (Å²) >= 11 is 0. The number of benzene rings is 1. The van der Waals surface area contributed by atoms with Gasteiger partial charge in [-0.05, 0) is 76.2 Å². The second kappa shape index (κ2) is 9.02. The third-order valence-electron chi connectivity index (χ3n) is 4.41. The average molecular weight is 320 g/mol. The summed E-state index contributed by atoms with van der Waals surface area (Å²) < 4.78 is 11.3. The van der Waals surface area contributed by atoms with Crippen LogP contribution in [-0.2, 0) is 6.42 Å². The van der Waals surface area contributed by atoms with E-state index in [2.05, 4.69) is 17.9 Å². The molecule has 1 fully saturated rings. The molecule has 23 heavy (non-hydrogen) atoms. The first-order valence-corrected chi connectivity index (χ1v) is 9.04. The van der Waals surface area contributed by atoms with Crippen LogP contribution in [0.4, 0.5) is 5.69 Å². The van der Waals surface area contributed by atoms with Crippen LogP contribution < -0.4 is 15.2 Å². The van der Waals surface area contributed by atoms with Gasteiger partial charge in [-0.1, -0.05) is 6.92 Å². The highest BCUT2D eigenvalue weighted by molar-refractivity contribution is 5.62. The van der Waals surface area contributed by atoms with E-state index in [9.17, 15) is 0 Å². The Kier molecular flexibility index (Phi) is 7.03. The van der Waals surface area contributed by atoms with E-state index in [1.54, 1.807) is 0 Å². The van der Waals surface area contributed by atoms with Crippen molar-refractivity contribution in [2.45, 2.75) is 46.5 Å². The molecule has 0 bridgehead atoms. The molecule has 1 aromatic rings. The van der Waals surface area contributed by atoms with Gasteiger partial charge in [-0.25, -0.2) is 0 Å². The van der Waals surface area contributed by atoms with Crippen molar-refractivity contribution in [1.29, 1.82) is 0 Å². The van der Waals surface area contributed by atoms with E-state index in [0.717, 1.165) is 24.5 Å². The lowest BCUT2D eigenvalue weighted by Gasteiger charge is -2.30. The standard InChI is InChI=1S/C19H32N2O2/c1-4-22-18-13-16(12-17(20)19(18)23-5-2)9-7-11-21-10-6-8-15(3)14-21/h12-13,15H,4-11,14,20H2,1-3H3. The first kappa shape index (κ1) is 17.9. The first-order valence-electron chi connectivity index (χ1n) is 9.04. The van der Waals surface area contributed by atoms with Crippen LogP contribution in [0.1, 0.15) is 45.6 Å². The van der Waals surface area contributed by atoms with Crippen LogP contribution in [0.15, 0.2) is 12.1 Å². The van der Waals surface area contributed by atoms with Crippen molar-refractivity contribution in [3.63, 3.8) is 0 Å². The molecule has 4 heteroatoms. The van der Waals surface area contributed by atoms with Gasteiger partial charge in [0.15, 0.2) is 11.5 Å². The summed E-state index contributed by atoms with van der Waals surface area (Å²) in [4.78, 5) is 2.59. The summed E-state index contributed by atoms with van der Waals surface area (Å²) in [5, 5.41) is 0. The lowest BCUT2D eigenvalue weighted by molar-refractivity contribution is 0.182. The summed E-state index contributed by atoms with van der Waals surface area (Å²) in [6.45, 7) is 11.2. The number of nitrogens with two attached hydrogens (primary N) is 1. The van der Waals surface area contributed by atoms with Gasteiger partial charge in [-0.2, -0.15) is 0 Å². The zero-order valence-electron chi connectivity index (χ0n) is 14.9. The number of piperidine rings is 1. The van der Waals surface area contributed by atoms with Crippen molar-refractivity contribution in [1.82, 2.24) is 4.90 Å². The van der Waals surface area contributed by atoms with E-state index >= 15 is 0 Å². The van der Waals surface area contributed by atoms with Gasteiger partial charge >= 0.3 is 0 Å². The van der Waals surface area contributed by atoms with E-state index < -0.39 is 0 Å². The highest BCUT2D eigenvalue weighted by Crippen LogP contribution is 2.35. The minimum absolute atomic E-state index is 0.594. The Morgan fingerprint density at radius 2 is 2.00 bits per heavy atom. The van der Waals surface area contributed by atoms with Crippen LogP contribution >= 0.6 is 0 Å². The normalized spacial score (nSPS) is 18.8. The molecule has 0 radical (unpaired) electrons. The zero-order chi connectivity index (χ0) is 16.7. The molecule has 1 heterocycles. The largest absolute Gasteiger partial charge is 0.490 e. The molecule has 1 atom stereocenters. The Hall–Kier alpha value is -1.42. The molecule has 0 spiro atoms. The van der Waals surface area contributed by atoms with Gasteiger partial charge in [0.1, 0.15) is 0 Å². The average Bonchev–Trinajstić information content (AvgIpc) is 2.51. The Balaban J connectivity index is 1.94. The highest BCUT2D eigenvalue weighted by Gasteiger charge is 2.16. The van der Waals surface area contributed by atoms with Crippen molar-refractivity contribution in [2.24, 2.45) is 5.92 Å². The monoisotopic (exact) mass is 320 g/mol. The van der Waals surface area contributed by atoms with Gasteiger partial charge < -0.3 is 20.1 Å². The lowest BCUT2D eigenvalue weighted by Crippen LogP contribution is -2.35.